The molecule has 244 valence electrons. The third-order valence-corrected chi connectivity index (χ3v) is 13.6. The van der Waals surface area contributed by atoms with Crippen LogP contribution in [-0.2, 0) is 5.41 Å². The number of furan rings is 1. The van der Waals surface area contributed by atoms with E-state index in [9.17, 15) is 0 Å². The van der Waals surface area contributed by atoms with E-state index >= 15 is 0 Å². The highest BCUT2D eigenvalue weighted by atomic mass is 32.1. The molecule has 3 heterocycles. The lowest BCUT2D eigenvalue weighted by atomic mass is 9.61. The van der Waals surface area contributed by atoms with Crippen LogP contribution in [0, 0.1) is 5.92 Å². The molecule has 5 aromatic carbocycles. The predicted molar refractivity (Wildman–Crippen MR) is 210 cm³/mol. The maximum absolute atomic E-state index is 6.78. The molecule has 3 nitrogen and oxygen atoms in total. The lowest BCUT2D eigenvalue weighted by Crippen LogP contribution is -2.32. The first kappa shape index (κ1) is 28.4. The van der Waals surface area contributed by atoms with Gasteiger partial charge in [-0.1, -0.05) is 122 Å². The van der Waals surface area contributed by atoms with Gasteiger partial charge in [-0.3, -0.25) is 0 Å². The molecule has 0 radical (unpaired) electrons. The lowest BCUT2D eigenvalue weighted by molar-refractivity contribution is 0.329. The van der Waals surface area contributed by atoms with Crippen molar-refractivity contribution in [1.82, 2.24) is 9.97 Å². The second-order valence-electron chi connectivity index (χ2n) is 15.1. The van der Waals surface area contributed by atoms with Crippen LogP contribution in [0.15, 0.2) is 137 Å². The van der Waals surface area contributed by atoms with E-state index in [4.69, 9.17) is 14.4 Å². The molecule has 8 aromatic rings. The van der Waals surface area contributed by atoms with Crippen molar-refractivity contribution in [2.45, 2.75) is 49.9 Å². The Morgan fingerprint density at radius 3 is 2.43 bits per heavy atom. The summed E-state index contributed by atoms with van der Waals surface area (Å²) in [6.07, 6.45) is 10.2. The molecule has 0 N–H and O–H groups in total. The Morgan fingerprint density at radius 1 is 0.706 bits per heavy atom. The number of benzene rings is 5. The second-order valence-corrected chi connectivity index (χ2v) is 16.1. The van der Waals surface area contributed by atoms with E-state index in [1.165, 1.54) is 58.7 Å². The fraction of sp³-hybridized carbons (Fsp3) is 0.191. The molecule has 4 aliphatic carbocycles. The smallest absolute Gasteiger partial charge is 0.164 e. The summed E-state index contributed by atoms with van der Waals surface area (Å²) < 4.78 is 9.12. The van der Waals surface area contributed by atoms with Crippen LogP contribution in [0.2, 0.25) is 0 Å². The van der Waals surface area contributed by atoms with E-state index in [2.05, 4.69) is 121 Å². The van der Waals surface area contributed by atoms with Gasteiger partial charge < -0.3 is 4.42 Å². The van der Waals surface area contributed by atoms with Crippen molar-refractivity contribution in [2.75, 3.05) is 0 Å². The zero-order chi connectivity index (χ0) is 33.3. The van der Waals surface area contributed by atoms with E-state index in [-0.39, 0.29) is 5.41 Å². The Morgan fingerprint density at radius 2 is 1.51 bits per heavy atom. The Bertz CT molecular complexity index is 2830. The topological polar surface area (TPSA) is 38.9 Å². The van der Waals surface area contributed by atoms with Crippen LogP contribution < -0.4 is 0 Å². The van der Waals surface area contributed by atoms with E-state index in [0.29, 0.717) is 17.7 Å². The summed E-state index contributed by atoms with van der Waals surface area (Å²) in [6.45, 7) is 0. The summed E-state index contributed by atoms with van der Waals surface area (Å²) in [5.74, 6) is 1.64. The number of aromatic nitrogens is 2. The molecular formula is C47H34N2OS. The fourth-order valence-corrected chi connectivity index (χ4v) is 11.4. The molecule has 2 atom stereocenters. The minimum Gasteiger partial charge on any atom is -0.455 e. The number of fused-ring (bicyclic) bond motifs is 12. The highest BCUT2D eigenvalue weighted by molar-refractivity contribution is 7.26. The van der Waals surface area contributed by atoms with Gasteiger partial charge in [0.15, 0.2) is 5.82 Å². The summed E-state index contributed by atoms with van der Waals surface area (Å²) in [6, 6.07) is 42.0. The van der Waals surface area contributed by atoms with Gasteiger partial charge in [-0.15, -0.1) is 11.3 Å². The van der Waals surface area contributed by atoms with Gasteiger partial charge in [0.2, 0.25) is 0 Å². The zero-order valence-corrected chi connectivity index (χ0v) is 29.0. The molecule has 0 saturated heterocycles. The fourth-order valence-electron chi connectivity index (χ4n) is 10.2. The van der Waals surface area contributed by atoms with E-state index in [1.807, 2.05) is 0 Å². The minimum absolute atomic E-state index is 0.176. The van der Waals surface area contributed by atoms with Crippen molar-refractivity contribution in [3.8, 4) is 22.6 Å². The quantitative estimate of drug-likeness (QED) is 0.175. The first-order valence-electron chi connectivity index (χ1n) is 18.5. The van der Waals surface area contributed by atoms with Gasteiger partial charge in [-0.05, 0) is 71.4 Å². The van der Waals surface area contributed by atoms with Gasteiger partial charge >= 0.3 is 0 Å². The molecule has 4 heteroatoms. The normalized spacial score (nSPS) is 20.3. The first-order chi connectivity index (χ1) is 25.2. The maximum atomic E-state index is 6.78. The highest BCUT2D eigenvalue weighted by Crippen LogP contribution is 2.67. The molecule has 1 saturated carbocycles. The molecule has 0 aliphatic heterocycles. The third-order valence-electron chi connectivity index (χ3n) is 12.4. The van der Waals surface area contributed by atoms with Crippen molar-refractivity contribution in [2.24, 2.45) is 5.92 Å². The highest BCUT2D eigenvalue weighted by Gasteiger charge is 2.54. The number of hydrogen-bond donors (Lipinski definition) is 0. The molecule has 0 bridgehead atoms. The van der Waals surface area contributed by atoms with Crippen LogP contribution in [0.1, 0.15) is 61.1 Å². The molecular weight excluding hydrogens is 641 g/mol. The molecule has 1 spiro atoms. The van der Waals surface area contributed by atoms with Crippen molar-refractivity contribution in [3.05, 3.63) is 149 Å². The van der Waals surface area contributed by atoms with E-state index in [1.54, 1.807) is 33.6 Å². The van der Waals surface area contributed by atoms with E-state index < -0.39 is 0 Å². The summed E-state index contributed by atoms with van der Waals surface area (Å²) >= 11 is 1.77. The van der Waals surface area contributed by atoms with Crippen molar-refractivity contribution in [1.29, 1.82) is 0 Å². The van der Waals surface area contributed by atoms with Crippen LogP contribution in [0.3, 0.4) is 0 Å². The van der Waals surface area contributed by atoms with Crippen LogP contribution in [0.4, 0.5) is 0 Å². The Labute approximate surface area is 300 Å². The minimum atomic E-state index is 0.176. The van der Waals surface area contributed by atoms with Crippen LogP contribution in [-0.4, -0.2) is 9.97 Å². The summed E-state index contributed by atoms with van der Waals surface area (Å²) in [5.41, 5.74) is 15.5. The van der Waals surface area contributed by atoms with Gasteiger partial charge in [0.05, 0.1) is 21.5 Å². The van der Waals surface area contributed by atoms with Crippen LogP contribution >= 0.6 is 11.3 Å². The van der Waals surface area contributed by atoms with Crippen molar-refractivity contribution >= 4 is 59.2 Å². The lowest BCUT2D eigenvalue weighted by Gasteiger charge is -2.42. The number of hydrogen-bond acceptors (Lipinski definition) is 4. The molecule has 3 aromatic heterocycles. The summed E-state index contributed by atoms with van der Waals surface area (Å²) in [7, 11) is 0. The largest absolute Gasteiger partial charge is 0.455 e. The standard InChI is InChI=1S/C47H34N2OS/c1-3-12-27(13-4-1)42-45-43(32-15-6-8-19-39(32)51-45)49-46(48-42)33-17-11-16-30-36-24-28(20-21-38(36)50-44(30)33)35-26-29-25-34(29)40-31-14-5-7-18-37(31)47(41(35)40)22-9-2-10-23-47/h1,3-8,11-21,24-25,34-35H,2,9-10,22-23,26H2/t34-,35?/m0/s1. The monoisotopic (exact) mass is 674 g/mol. The molecule has 0 amide bonds. The van der Waals surface area contributed by atoms with Crippen LogP contribution in [0.5, 0.6) is 0 Å². The summed E-state index contributed by atoms with van der Waals surface area (Å²) in [4.78, 5) is 10.6. The third kappa shape index (κ3) is 3.94. The van der Waals surface area contributed by atoms with E-state index in [0.717, 1.165) is 50.0 Å². The van der Waals surface area contributed by atoms with Crippen molar-refractivity contribution < 1.29 is 4.42 Å². The predicted octanol–water partition coefficient (Wildman–Crippen LogP) is 12.8. The molecule has 1 unspecified atom stereocenters. The average Bonchev–Trinajstić information content (AvgIpc) is 3.62. The maximum Gasteiger partial charge on any atom is 0.164 e. The SMILES string of the molecule is C1=C2CC(c3ccc4oc5c(-c6nc(-c7ccccc7)c7sc8ccccc8c7n6)cccc5c4c3)C3=C(c4ccccc4C34CCCCC4)[C@@H]12. The molecule has 51 heavy (non-hydrogen) atoms. The van der Waals surface area contributed by atoms with Gasteiger partial charge in [-0.25, -0.2) is 9.97 Å². The number of thiophene rings is 1. The molecule has 12 rings (SSSR count). The number of nitrogens with zero attached hydrogens (tertiary/aromatic N) is 2. The molecule has 4 aliphatic rings. The Kier molecular flexibility index (Phi) is 5.77. The zero-order valence-electron chi connectivity index (χ0n) is 28.2. The second kappa shape index (κ2) is 10.4. The van der Waals surface area contributed by atoms with Crippen LogP contribution in [0.25, 0.3) is 70.5 Å². The Hall–Kier alpha value is -5.32. The van der Waals surface area contributed by atoms with Gasteiger partial charge in [0, 0.05) is 43.7 Å². The average molecular weight is 675 g/mol. The summed E-state index contributed by atoms with van der Waals surface area (Å²) in [5, 5.41) is 3.47. The Balaban J connectivity index is 1.04. The first-order valence-corrected chi connectivity index (χ1v) is 19.3. The number of allylic oxidation sites excluding steroid dienone is 4. The van der Waals surface area contributed by atoms with Gasteiger partial charge in [0.1, 0.15) is 11.2 Å². The number of rotatable bonds is 3. The van der Waals surface area contributed by atoms with Gasteiger partial charge in [-0.2, -0.15) is 0 Å². The molecule has 1 fully saturated rings. The number of para-hydroxylation sites is 1. The van der Waals surface area contributed by atoms with Crippen molar-refractivity contribution in [3.63, 3.8) is 0 Å². The van der Waals surface area contributed by atoms with Gasteiger partial charge in [0.25, 0.3) is 0 Å².